The number of amides is 1. The summed E-state index contributed by atoms with van der Waals surface area (Å²) in [6.45, 7) is 3.77. The first kappa shape index (κ1) is 16.5. The number of hydrogen-bond acceptors (Lipinski definition) is 4. The van der Waals surface area contributed by atoms with Crippen molar-refractivity contribution < 1.29 is 4.79 Å². The Morgan fingerprint density at radius 3 is 2.71 bits per heavy atom. The van der Waals surface area contributed by atoms with Gasteiger partial charge in [0.1, 0.15) is 13.7 Å². The molecule has 1 N–H and O–H groups in total. The molecule has 0 aliphatic rings. The topological polar surface area (TPSA) is 54.9 Å². The highest BCUT2D eigenvalue weighted by atomic mass is 32.2. The molecule has 0 atom stereocenters. The van der Waals surface area contributed by atoms with Crippen LogP contribution in [0.1, 0.15) is 13.8 Å². The van der Waals surface area contributed by atoms with Crippen LogP contribution in [0, 0.1) is 0 Å². The van der Waals surface area contributed by atoms with E-state index >= 15 is 0 Å². The number of benzene rings is 1. The molecule has 4 nitrogen and oxygen atoms in total. The molecule has 0 unspecified atom stereocenters. The third-order valence-corrected chi connectivity index (χ3v) is 4.82. The largest absolute Gasteiger partial charge is 0.309 e. The van der Waals surface area contributed by atoms with E-state index in [1.54, 1.807) is 18.5 Å². The maximum absolute atomic E-state index is 12.6. The number of carbonyl (C=O) groups excluding carboxylic acids is 1. The summed E-state index contributed by atoms with van der Waals surface area (Å²) in [5.74, 6) is 0.431. The number of aromatic nitrogens is 2. The highest BCUT2D eigenvalue weighted by Gasteiger charge is 2.30. The van der Waals surface area contributed by atoms with Crippen molar-refractivity contribution in [3.8, 4) is 0 Å². The van der Waals surface area contributed by atoms with Crippen LogP contribution < -0.4 is 10.8 Å². The lowest BCUT2D eigenvalue weighted by atomic mass is 9.95. The van der Waals surface area contributed by atoms with Gasteiger partial charge in [-0.1, -0.05) is 23.7 Å². The van der Waals surface area contributed by atoms with Gasteiger partial charge in [-0.05, 0) is 38.1 Å². The molecule has 24 heavy (non-hydrogen) atoms. The molecule has 0 aliphatic carbocycles. The van der Waals surface area contributed by atoms with Gasteiger partial charge in [0.15, 0.2) is 0 Å². The first-order valence-corrected chi connectivity index (χ1v) is 8.33. The Labute approximate surface area is 146 Å². The van der Waals surface area contributed by atoms with Crippen LogP contribution in [0.4, 0.5) is 5.82 Å². The summed E-state index contributed by atoms with van der Waals surface area (Å²) in [6, 6.07) is 12.9. The van der Waals surface area contributed by atoms with Crippen LogP contribution in [0.25, 0.3) is 10.9 Å². The Hall–Kier alpha value is -2.34. The first-order valence-electron chi connectivity index (χ1n) is 7.51. The maximum Gasteiger partial charge on any atom is 0.241 e. The molecule has 0 fully saturated rings. The molecule has 3 aromatic rings. The fourth-order valence-electron chi connectivity index (χ4n) is 2.25. The second-order valence-electron chi connectivity index (χ2n) is 5.87. The van der Waals surface area contributed by atoms with Crippen molar-refractivity contribution in [1.82, 2.24) is 9.97 Å². The van der Waals surface area contributed by atoms with E-state index in [2.05, 4.69) is 15.3 Å². The number of nitrogens with one attached hydrogen (secondary N) is 1. The Balaban J connectivity index is 1.86. The summed E-state index contributed by atoms with van der Waals surface area (Å²) in [4.78, 5) is 22.1. The first-order chi connectivity index (χ1) is 11.5. The SMILES string of the molecule is [B]c1ccc2nccc(SC(C)(C)C(=O)Nc3ccccn3)c2c1. The fourth-order valence-corrected chi connectivity index (χ4v) is 3.35. The number of nitrogens with zero attached hydrogens (tertiary/aromatic N) is 2. The lowest BCUT2D eigenvalue weighted by molar-refractivity contribution is -0.117. The van der Waals surface area contributed by atoms with Gasteiger partial charge in [-0.25, -0.2) is 4.98 Å². The Bertz CT molecular complexity index is 884. The third-order valence-electron chi connectivity index (χ3n) is 3.54. The van der Waals surface area contributed by atoms with Crippen LogP contribution in [0.3, 0.4) is 0 Å². The molecule has 2 radical (unpaired) electrons. The highest BCUT2D eigenvalue weighted by Crippen LogP contribution is 2.36. The Kier molecular flexibility index (Phi) is 4.58. The van der Waals surface area contributed by atoms with Crippen molar-refractivity contribution in [2.75, 3.05) is 5.32 Å². The molecule has 2 heterocycles. The number of hydrogen-bond donors (Lipinski definition) is 1. The van der Waals surface area contributed by atoms with E-state index in [1.165, 1.54) is 11.8 Å². The van der Waals surface area contributed by atoms with E-state index in [1.807, 2.05) is 50.2 Å². The number of carbonyl (C=O) groups is 1. The summed E-state index contributed by atoms with van der Waals surface area (Å²) in [5.41, 5.74) is 1.53. The van der Waals surface area contributed by atoms with Crippen molar-refractivity contribution in [2.45, 2.75) is 23.5 Å². The van der Waals surface area contributed by atoms with Crippen LogP contribution in [-0.2, 0) is 4.79 Å². The zero-order valence-electron chi connectivity index (χ0n) is 13.5. The fraction of sp³-hybridized carbons (Fsp3) is 0.167. The van der Waals surface area contributed by atoms with Crippen molar-refractivity contribution in [2.24, 2.45) is 0 Å². The van der Waals surface area contributed by atoms with Gasteiger partial charge in [-0.2, -0.15) is 0 Å². The van der Waals surface area contributed by atoms with Gasteiger partial charge < -0.3 is 5.32 Å². The molecule has 0 aliphatic heterocycles. The number of anilines is 1. The van der Waals surface area contributed by atoms with Crippen molar-refractivity contribution >= 4 is 47.7 Å². The standard InChI is InChI=1S/C18H16BN3OS/c1-18(2,17(23)22-16-5-3-4-9-21-16)24-15-8-10-20-14-7-6-12(19)11-13(14)15/h3-11H,1-2H3,(H,21,22,23). The molecular formula is C18H16BN3OS. The molecule has 0 saturated heterocycles. The highest BCUT2D eigenvalue weighted by molar-refractivity contribution is 8.01. The summed E-state index contributed by atoms with van der Waals surface area (Å²) in [5, 5.41) is 3.80. The van der Waals surface area contributed by atoms with Gasteiger partial charge in [0.2, 0.25) is 5.91 Å². The van der Waals surface area contributed by atoms with Crippen LogP contribution in [0.15, 0.2) is 59.8 Å². The van der Waals surface area contributed by atoms with Crippen LogP contribution in [-0.4, -0.2) is 28.5 Å². The minimum absolute atomic E-state index is 0.111. The summed E-state index contributed by atoms with van der Waals surface area (Å²) in [7, 11) is 5.89. The summed E-state index contributed by atoms with van der Waals surface area (Å²) >= 11 is 1.48. The van der Waals surface area contributed by atoms with Gasteiger partial charge in [-0.15, -0.1) is 11.8 Å². The Morgan fingerprint density at radius 2 is 1.96 bits per heavy atom. The lowest BCUT2D eigenvalue weighted by Crippen LogP contribution is -2.34. The van der Waals surface area contributed by atoms with Crippen LogP contribution >= 0.6 is 11.8 Å². The zero-order chi connectivity index (χ0) is 17.2. The van der Waals surface area contributed by atoms with Crippen molar-refractivity contribution in [3.05, 3.63) is 54.9 Å². The van der Waals surface area contributed by atoms with Crippen molar-refractivity contribution in [3.63, 3.8) is 0 Å². The monoisotopic (exact) mass is 333 g/mol. The van der Waals surface area contributed by atoms with Gasteiger partial charge in [0.25, 0.3) is 0 Å². The normalized spacial score (nSPS) is 11.4. The maximum atomic E-state index is 12.6. The molecular weight excluding hydrogens is 317 g/mol. The van der Waals surface area contributed by atoms with E-state index in [0.29, 0.717) is 11.3 Å². The second-order valence-corrected chi connectivity index (χ2v) is 7.53. The quantitative estimate of drug-likeness (QED) is 0.589. The predicted molar refractivity (Wildman–Crippen MR) is 99.9 cm³/mol. The van der Waals surface area contributed by atoms with Gasteiger partial charge >= 0.3 is 0 Å². The van der Waals surface area contributed by atoms with Crippen molar-refractivity contribution in [1.29, 1.82) is 0 Å². The van der Waals surface area contributed by atoms with E-state index in [0.717, 1.165) is 15.8 Å². The molecule has 1 aromatic carbocycles. The van der Waals surface area contributed by atoms with Gasteiger partial charge in [0, 0.05) is 22.7 Å². The minimum Gasteiger partial charge on any atom is -0.309 e. The van der Waals surface area contributed by atoms with Gasteiger partial charge in [0.05, 0.1) is 10.3 Å². The lowest BCUT2D eigenvalue weighted by Gasteiger charge is -2.23. The average molecular weight is 333 g/mol. The molecule has 0 spiro atoms. The smallest absolute Gasteiger partial charge is 0.241 e. The molecule has 1 amide bonds. The van der Waals surface area contributed by atoms with Crippen LogP contribution in [0.2, 0.25) is 0 Å². The number of fused-ring (bicyclic) bond motifs is 1. The number of thioether (sulfide) groups is 1. The summed E-state index contributed by atoms with van der Waals surface area (Å²) < 4.78 is -0.684. The van der Waals surface area contributed by atoms with E-state index < -0.39 is 4.75 Å². The second kappa shape index (κ2) is 6.65. The zero-order valence-corrected chi connectivity index (χ0v) is 14.3. The summed E-state index contributed by atoms with van der Waals surface area (Å²) in [6.07, 6.45) is 3.39. The van der Waals surface area contributed by atoms with E-state index in [-0.39, 0.29) is 5.91 Å². The predicted octanol–water partition coefficient (Wildman–Crippen LogP) is 2.93. The Morgan fingerprint density at radius 1 is 1.12 bits per heavy atom. The van der Waals surface area contributed by atoms with Crippen LogP contribution in [0.5, 0.6) is 0 Å². The molecule has 2 aromatic heterocycles. The number of rotatable bonds is 4. The van der Waals surface area contributed by atoms with E-state index in [9.17, 15) is 4.79 Å². The molecule has 118 valence electrons. The molecule has 3 rings (SSSR count). The molecule has 6 heteroatoms. The third kappa shape index (κ3) is 3.59. The van der Waals surface area contributed by atoms with E-state index in [4.69, 9.17) is 7.85 Å². The number of pyridine rings is 2. The minimum atomic E-state index is -0.684. The average Bonchev–Trinajstić information content (AvgIpc) is 2.56. The van der Waals surface area contributed by atoms with Gasteiger partial charge in [-0.3, -0.25) is 9.78 Å². The molecule has 0 saturated carbocycles. The molecule has 0 bridgehead atoms.